The summed E-state index contributed by atoms with van der Waals surface area (Å²) in [5.74, 6) is 3.67. The van der Waals surface area contributed by atoms with Gasteiger partial charge < -0.3 is 4.74 Å². The zero-order chi connectivity index (χ0) is 12.0. The lowest BCUT2D eigenvalue weighted by Crippen LogP contribution is -2.22. The molecule has 0 aromatic heterocycles. The van der Waals surface area contributed by atoms with Crippen LogP contribution in [-0.4, -0.2) is 6.10 Å². The molecule has 4 atom stereocenters. The highest BCUT2D eigenvalue weighted by atomic mass is 16.5. The molecule has 3 rings (SSSR count). The predicted molar refractivity (Wildman–Crippen MR) is 70.0 cm³/mol. The van der Waals surface area contributed by atoms with Gasteiger partial charge in [-0.2, -0.15) is 0 Å². The Morgan fingerprint density at radius 1 is 1.06 bits per heavy atom. The molecule has 92 valence electrons. The number of para-hydroxylation sites is 1. The number of hydrogen-bond acceptors (Lipinski definition) is 1. The Balaban J connectivity index is 1.67. The molecule has 2 aliphatic rings. The summed E-state index contributed by atoms with van der Waals surface area (Å²) < 4.78 is 6.15. The van der Waals surface area contributed by atoms with Crippen LogP contribution in [0.3, 0.4) is 0 Å². The zero-order valence-corrected chi connectivity index (χ0v) is 11.0. The molecule has 1 nitrogen and oxygen atoms in total. The fourth-order valence-corrected chi connectivity index (χ4v) is 3.86. The van der Waals surface area contributed by atoms with Crippen LogP contribution in [0.5, 0.6) is 5.75 Å². The maximum atomic E-state index is 6.15. The Bertz CT molecular complexity index is 390. The standard InChI is InChI=1S/C16H22O/c1-16(2,3)15-12-9-10-13(14(12)15)17-11-7-5-4-6-8-11/h4-8,12-15H,9-10H2,1-3H3. The van der Waals surface area contributed by atoms with Crippen LogP contribution in [0.4, 0.5) is 0 Å². The Hall–Kier alpha value is -0.980. The number of rotatable bonds is 2. The van der Waals surface area contributed by atoms with Crippen LogP contribution in [0, 0.1) is 23.2 Å². The van der Waals surface area contributed by atoms with Gasteiger partial charge >= 0.3 is 0 Å². The summed E-state index contributed by atoms with van der Waals surface area (Å²) in [6, 6.07) is 10.3. The molecule has 0 spiro atoms. The van der Waals surface area contributed by atoms with Gasteiger partial charge in [0.2, 0.25) is 0 Å². The third kappa shape index (κ3) is 1.96. The molecule has 0 aliphatic heterocycles. The van der Waals surface area contributed by atoms with E-state index in [1.54, 1.807) is 0 Å². The highest BCUT2D eigenvalue weighted by Crippen LogP contribution is 2.64. The number of fused-ring (bicyclic) bond motifs is 1. The van der Waals surface area contributed by atoms with Gasteiger partial charge in [-0.05, 0) is 42.2 Å². The highest BCUT2D eigenvalue weighted by Gasteiger charge is 2.62. The fourth-order valence-electron chi connectivity index (χ4n) is 3.86. The molecule has 0 N–H and O–H groups in total. The third-order valence-corrected chi connectivity index (χ3v) is 4.47. The van der Waals surface area contributed by atoms with Gasteiger partial charge in [-0.1, -0.05) is 39.0 Å². The van der Waals surface area contributed by atoms with Crippen molar-refractivity contribution >= 4 is 0 Å². The van der Waals surface area contributed by atoms with E-state index in [-0.39, 0.29) is 0 Å². The fraction of sp³-hybridized carbons (Fsp3) is 0.625. The van der Waals surface area contributed by atoms with E-state index >= 15 is 0 Å². The SMILES string of the molecule is CC(C)(C)C1C2CCC(Oc3ccccc3)C21. The quantitative estimate of drug-likeness (QED) is 0.742. The van der Waals surface area contributed by atoms with Crippen LogP contribution >= 0.6 is 0 Å². The molecule has 1 aromatic carbocycles. The van der Waals surface area contributed by atoms with Gasteiger partial charge in [0, 0.05) is 5.92 Å². The average molecular weight is 230 g/mol. The van der Waals surface area contributed by atoms with Gasteiger partial charge in [0.1, 0.15) is 11.9 Å². The predicted octanol–water partition coefficient (Wildman–Crippen LogP) is 4.14. The van der Waals surface area contributed by atoms with Gasteiger partial charge in [0.15, 0.2) is 0 Å². The molecule has 0 amide bonds. The first-order valence-electron chi connectivity index (χ1n) is 6.79. The second-order valence-corrected chi connectivity index (χ2v) is 6.68. The van der Waals surface area contributed by atoms with E-state index in [1.165, 1.54) is 12.8 Å². The van der Waals surface area contributed by atoms with E-state index in [9.17, 15) is 0 Å². The summed E-state index contributed by atoms with van der Waals surface area (Å²) in [4.78, 5) is 0. The molecule has 2 aliphatic carbocycles. The monoisotopic (exact) mass is 230 g/mol. The molecular weight excluding hydrogens is 208 g/mol. The minimum Gasteiger partial charge on any atom is -0.490 e. The van der Waals surface area contributed by atoms with Crippen molar-refractivity contribution in [1.29, 1.82) is 0 Å². The summed E-state index contributed by atoms with van der Waals surface area (Å²) in [6.07, 6.45) is 3.08. The molecular formula is C16H22O. The van der Waals surface area contributed by atoms with E-state index in [0.29, 0.717) is 11.5 Å². The minimum atomic E-state index is 0.452. The van der Waals surface area contributed by atoms with Crippen LogP contribution in [-0.2, 0) is 0 Å². The molecule has 0 saturated heterocycles. The molecule has 1 aromatic rings. The van der Waals surface area contributed by atoms with Crippen molar-refractivity contribution in [2.24, 2.45) is 23.2 Å². The smallest absolute Gasteiger partial charge is 0.119 e. The Morgan fingerprint density at radius 3 is 2.35 bits per heavy atom. The highest BCUT2D eigenvalue weighted by molar-refractivity contribution is 5.22. The average Bonchev–Trinajstić information content (AvgIpc) is 2.90. The van der Waals surface area contributed by atoms with Gasteiger partial charge in [-0.15, -0.1) is 0 Å². The first-order chi connectivity index (χ1) is 8.07. The topological polar surface area (TPSA) is 9.23 Å². The molecule has 0 radical (unpaired) electrons. The van der Waals surface area contributed by atoms with Crippen LogP contribution in [0.15, 0.2) is 30.3 Å². The van der Waals surface area contributed by atoms with Crippen LogP contribution in [0.25, 0.3) is 0 Å². The molecule has 2 fully saturated rings. The molecule has 2 saturated carbocycles. The van der Waals surface area contributed by atoms with E-state index in [4.69, 9.17) is 4.74 Å². The van der Waals surface area contributed by atoms with Crippen molar-refractivity contribution in [3.05, 3.63) is 30.3 Å². The normalized spacial score (nSPS) is 35.5. The van der Waals surface area contributed by atoms with Gasteiger partial charge in [-0.3, -0.25) is 0 Å². The Morgan fingerprint density at radius 2 is 1.76 bits per heavy atom. The lowest BCUT2D eigenvalue weighted by molar-refractivity contribution is 0.154. The van der Waals surface area contributed by atoms with Crippen molar-refractivity contribution in [2.45, 2.75) is 39.7 Å². The minimum absolute atomic E-state index is 0.452. The molecule has 4 unspecified atom stereocenters. The van der Waals surface area contributed by atoms with Crippen molar-refractivity contribution < 1.29 is 4.74 Å². The van der Waals surface area contributed by atoms with Crippen LogP contribution in [0.1, 0.15) is 33.6 Å². The summed E-state index contributed by atoms with van der Waals surface area (Å²) >= 11 is 0. The van der Waals surface area contributed by atoms with Crippen molar-refractivity contribution in [1.82, 2.24) is 0 Å². The first-order valence-corrected chi connectivity index (χ1v) is 6.79. The van der Waals surface area contributed by atoms with Gasteiger partial charge in [0.05, 0.1) is 0 Å². The molecule has 0 bridgehead atoms. The summed E-state index contributed by atoms with van der Waals surface area (Å²) in [6.45, 7) is 7.11. The number of ether oxygens (including phenoxy) is 1. The number of hydrogen-bond donors (Lipinski definition) is 0. The first kappa shape index (κ1) is 11.1. The molecule has 17 heavy (non-hydrogen) atoms. The second kappa shape index (κ2) is 3.76. The lowest BCUT2D eigenvalue weighted by atomic mass is 9.85. The van der Waals surface area contributed by atoms with Crippen molar-refractivity contribution in [3.8, 4) is 5.75 Å². The van der Waals surface area contributed by atoms with Crippen molar-refractivity contribution in [2.75, 3.05) is 0 Å². The van der Waals surface area contributed by atoms with Crippen LogP contribution < -0.4 is 4.74 Å². The molecule has 0 heterocycles. The van der Waals surface area contributed by atoms with Crippen LogP contribution in [0.2, 0.25) is 0 Å². The van der Waals surface area contributed by atoms with Gasteiger partial charge in [0.25, 0.3) is 0 Å². The summed E-state index contributed by atoms with van der Waals surface area (Å²) in [5, 5.41) is 0. The summed E-state index contributed by atoms with van der Waals surface area (Å²) in [7, 11) is 0. The zero-order valence-electron chi connectivity index (χ0n) is 11.0. The second-order valence-electron chi connectivity index (χ2n) is 6.68. The Kier molecular flexibility index (Phi) is 2.46. The maximum Gasteiger partial charge on any atom is 0.119 e. The van der Waals surface area contributed by atoms with Crippen molar-refractivity contribution in [3.63, 3.8) is 0 Å². The largest absolute Gasteiger partial charge is 0.490 e. The lowest BCUT2D eigenvalue weighted by Gasteiger charge is -2.24. The summed E-state index contributed by atoms with van der Waals surface area (Å²) in [5.41, 5.74) is 0.452. The number of benzene rings is 1. The van der Waals surface area contributed by atoms with E-state index < -0.39 is 0 Å². The Labute approximate surface area is 104 Å². The van der Waals surface area contributed by atoms with Gasteiger partial charge in [-0.25, -0.2) is 0 Å². The third-order valence-electron chi connectivity index (χ3n) is 4.47. The van der Waals surface area contributed by atoms with E-state index in [2.05, 4.69) is 45.0 Å². The van der Waals surface area contributed by atoms with E-state index in [0.717, 1.165) is 23.5 Å². The molecule has 1 heteroatoms. The van der Waals surface area contributed by atoms with E-state index in [1.807, 2.05) is 6.07 Å². The maximum absolute atomic E-state index is 6.15.